The number of unbranched alkanes of at least 4 members (excludes halogenated alkanes) is 1. The molecule has 31 heavy (non-hydrogen) atoms. The zero-order chi connectivity index (χ0) is 22.0. The Morgan fingerprint density at radius 2 is 1.94 bits per heavy atom. The molecule has 0 bridgehead atoms. The van der Waals surface area contributed by atoms with E-state index in [2.05, 4.69) is 22.1 Å². The van der Waals surface area contributed by atoms with E-state index in [0.717, 1.165) is 36.8 Å². The minimum absolute atomic E-state index is 0.196. The van der Waals surface area contributed by atoms with Crippen LogP contribution in [0.4, 0.5) is 13.2 Å². The number of hydrogen-bond acceptors (Lipinski definition) is 2. The van der Waals surface area contributed by atoms with Crippen LogP contribution in [0.5, 0.6) is 0 Å². The van der Waals surface area contributed by atoms with Crippen LogP contribution in [-0.4, -0.2) is 26.1 Å². The van der Waals surface area contributed by atoms with Crippen molar-refractivity contribution in [3.8, 4) is 5.69 Å². The van der Waals surface area contributed by atoms with Gasteiger partial charge in [-0.2, -0.15) is 13.2 Å². The molecule has 0 aliphatic carbocycles. The molecule has 1 saturated heterocycles. The van der Waals surface area contributed by atoms with Crippen molar-refractivity contribution in [2.24, 2.45) is 0 Å². The maximum atomic E-state index is 13.3. The van der Waals surface area contributed by atoms with Gasteiger partial charge in [0.25, 0.3) is 0 Å². The summed E-state index contributed by atoms with van der Waals surface area (Å²) in [6, 6.07) is 14.5. The minimum Gasteiger partial charge on any atom is -0.352 e. The molecule has 1 fully saturated rings. The molecule has 4 rings (SSSR count). The van der Waals surface area contributed by atoms with E-state index in [0.29, 0.717) is 10.8 Å². The average molecular weight is 445 g/mol. The second-order valence-corrected chi connectivity index (χ2v) is 7.91. The number of nitrogens with one attached hydrogen (secondary N) is 1. The lowest BCUT2D eigenvalue weighted by Gasteiger charge is -2.29. The first kappa shape index (κ1) is 21.4. The lowest BCUT2D eigenvalue weighted by molar-refractivity contribution is -0.137. The highest BCUT2D eigenvalue weighted by Crippen LogP contribution is 2.40. The third kappa shape index (κ3) is 4.30. The maximum Gasteiger partial charge on any atom is 0.416 e. The van der Waals surface area contributed by atoms with Crippen LogP contribution >= 0.6 is 12.2 Å². The Balaban J connectivity index is 1.79. The largest absolute Gasteiger partial charge is 0.416 e. The van der Waals surface area contributed by atoms with Crippen molar-refractivity contribution in [1.29, 1.82) is 0 Å². The van der Waals surface area contributed by atoms with E-state index in [1.54, 1.807) is 18.5 Å². The van der Waals surface area contributed by atoms with Crippen LogP contribution in [0.3, 0.4) is 0 Å². The van der Waals surface area contributed by atoms with E-state index in [9.17, 15) is 13.2 Å². The monoisotopic (exact) mass is 444 g/mol. The fourth-order valence-electron chi connectivity index (χ4n) is 4.00. The van der Waals surface area contributed by atoms with Gasteiger partial charge in [0.05, 0.1) is 23.3 Å². The first-order chi connectivity index (χ1) is 14.9. The molecule has 1 aliphatic rings. The summed E-state index contributed by atoms with van der Waals surface area (Å²) in [5.41, 5.74) is 1.49. The van der Waals surface area contributed by atoms with Gasteiger partial charge in [-0.15, -0.1) is 0 Å². The van der Waals surface area contributed by atoms with Crippen molar-refractivity contribution in [1.82, 2.24) is 19.8 Å². The Morgan fingerprint density at radius 3 is 2.65 bits per heavy atom. The summed E-state index contributed by atoms with van der Waals surface area (Å²) in [5.74, 6) is 0. The van der Waals surface area contributed by atoms with Gasteiger partial charge in [-0.25, -0.2) is 0 Å². The quantitative estimate of drug-likeness (QED) is 0.497. The van der Waals surface area contributed by atoms with Crippen molar-refractivity contribution in [3.63, 3.8) is 0 Å². The number of alkyl halides is 3. The minimum atomic E-state index is -4.40. The molecule has 2 atom stereocenters. The van der Waals surface area contributed by atoms with Gasteiger partial charge in [0.15, 0.2) is 5.11 Å². The van der Waals surface area contributed by atoms with Gasteiger partial charge in [-0.05, 0) is 61.1 Å². The van der Waals surface area contributed by atoms with E-state index < -0.39 is 11.7 Å². The molecule has 8 heteroatoms. The van der Waals surface area contributed by atoms with E-state index in [-0.39, 0.29) is 12.1 Å². The predicted molar refractivity (Wildman–Crippen MR) is 118 cm³/mol. The number of benzene rings is 1. The number of halogens is 3. The fourth-order valence-corrected chi connectivity index (χ4v) is 4.33. The summed E-state index contributed by atoms with van der Waals surface area (Å²) in [5, 5.41) is 4.01. The number of nitrogens with zero attached hydrogens (tertiary/aromatic N) is 3. The summed E-state index contributed by atoms with van der Waals surface area (Å²) in [6.07, 6.45) is 1.09. The first-order valence-electron chi connectivity index (χ1n) is 10.2. The summed E-state index contributed by atoms with van der Waals surface area (Å²) in [6.45, 7) is 2.87. The van der Waals surface area contributed by atoms with Crippen molar-refractivity contribution < 1.29 is 13.2 Å². The number of rotatable bonds is 6. The predicted octanol–water partition coefficient (Wildman–Crippen LogP) is 5.66. The molecule has 3 heterocycles. The van der Waals surface area contributed by atoms with Crippen molar-refractivity contribution in [2.75, 3.05) is 6.54 Å². The topological polar surface area (TPSA) is 33.1 Å². The van der Waals surface area contributed by atoms with E-state index in [1.807, 2.05) is 34.9 Å². The molecule has 2 aromatic heterocycles. The van der Waals surface area contributed by atoms with Crippen LogP contribution in [0, 0.1) is 0 Å². The van der Waals surface area contributed by atoms with Crippen molar-refractivity contribution in [3.05, 3.63) is 83.9 Å². The lowest BCUT2D eigenvalue weighted by Crippen LogP contribution is -2.31. The smallest absolute Gasteiger partial charge is 0.352 e. The van der Waals surface area contributed by atoms with Gasteiger partial charge >= 0.3 is 6.18 Å². The number of thiocarbonyl (C=S) groups is 1. The zero-order valence-corrected chi connectivity index (χ0v) is 17.8. The molecule has 162 valence electrons. The van der Waals surface area contributed by atoms with Gasteiger partial charge in [-0.1, -0.05) is 25.5 Å². The molecule has 3 aromatic rings. The normalized spacial score (nSPS) is 19.0. The summed E-state index contributed by atoms with van der Waals surface area (Å²) in [4.78, 5) is 6.63. The molecule has 0 saturated carbocycles. The number of aromatic nitrogens is 2. The Bertz CT molecular complexity index is 1050. The standard InChI is InChI=1S/C23H23F3N4S/c1-2-3-13-30-21(20(28-22(30)31)18-10-4-5-12-27-18)19-11-7-14-29(19)17-9-6-8-16(15-17)23(24,25)26/h4-12,14-15,20-21H,2-3,13H2,1H3,(H,28,31)/t20-,21+/m0/s1. The molecule has 1 aliphatic heterocycles. The SMILES string of the molecule is CCCCN1C(=S)N[C@@H](c2ccccn2)[C@H]1c1cccn1-c1cccc(C(F)(F)F)c1. The molecule has 0 unspecified atom stereocenters. The second-order valence-electron chi connectivity index (χ2n) is 7.52. The Morgan fingerprint density at radius 1 is 1.10 bits per heavy atom. The molecule has 1 N–H and O–H groups in total. The maximum absolute atomic E-state index is 13.3. The van der Waals surface area contributed by atoms with Gasteiger partial charge in [0.2, 0.25) is 0 Å². The summed E-state index contributed by atoms with van der Waals surface area (Å²) < 4.78 is 41.7. The van der Waals surface area contributed by atoms with Crippen LogP contribution in [0.1, 0.15) is 48.8 Å². The Labute approximate surface area is 184 Å². The van der Waals surface area contributed by atoms with E-state index >= 15 is 0 Å². The fraction of sp³-hybridized carbons (Fsp3) is 0.304. The third-order valence-electron chi connectivity index (χ3n) is 5.49. The van der Waals surface area contributed by atoms with Gasteiger partial charge in [0.1, 0.15) is 0 Å². The highest BCUT2D eigenvalue weighted by atomic mass is 32.1. The van der Waals surface area contributed by atoms with Gasteiger partial charge in [0, 0.05) is 30.3 Å². The third-order valence-corrected chi connectivity index (χ3v) is 5.84. The average Bonchev–Trinajstić information content (AvgIpc) is 3.36. The lowest BCUT2D eigenvalue weighted by atomic mass is 10.0. The van der Waals surface area contributed by atoms with Crippen molar-refractivity contribution >= 4 is 17.3 Å². The molecule has 0 spiro atoms. The highest BCUT2D eigenvalue weighted by Gasteiger charge is 2.41. The summed E-state index contributed by atoms with van der Waals surface area (Å²) >= 11 is 5.64. The molecule has 0 radical (unpaired) electrons. The molecular formula is C23H23F3N4S. The van der Waals surface area contributed by atoms with E-state index in [4.69, 9.17) is 12.2 Å². The first-order valence-corrected chi connectivity index (χ1v) is 10.6. The van der Waals surface area contributed by atoms with Gasteiger partial charge < -0.3 is 14.8 Å². The van der Waals surface area contributed by atoms with Crippen LogP contribution in [0.15, 0.2) is 67.0 Å². The van der Waals surface area contributed by atoms with Crippen molar-refractivity contribution in [2.45, 2.75) is 38.0 Å². The zero-order valence-electron chi connectivity index (χ0n) is 17.0. The molecule has 1 aromatic carbocycles. The van der Waals surface area contributed by atoms with Crippen LogP contribution in [-0.2, 0) is 6.18 Å². The van der Waals surface area contributed by atoms with Gasteiger partial charge in [-0.3, -0.25) is 4.98 Å². The molecular weight excluding hydrogens is 421 g/mol. The number of hydrogen-bond donors (Lipinski definition) is 1. The number of pyridine rings is 1. The van der Waals surface area contributed by atoms with Crippen LogP contribution < -0.4 is 5.32 Å². The Hall–Kier alpha value is -2.87. The summed E-state index contributed by atoms with van der Waals surface area (Å²) in [7, 11) is 0. The molecule has 0 amide bonds. The second kappa shape index (κ2) is 8.70. The van der Waals surface area contributed by atoms with E-state index in [1.165, 1.54) is 12.1 Å². The Kier molecular flexibility index (Phi) is 6.00. The van der Waals surface area contributed by atoms with Crippen LogP contribution in [0.2, 0.25) is 0 Å². The molecule has 4 nitrogen and oxygen atoms in total. The highest BCUT2D eigenvalue weighted by molar-refractivity contribution is 7.80. The van der Waals surface area contributed by atoms with Crippen LogP contribution in [0.25, 0.3) is 5.69 Å².